The lowest BCUT2D eigenvalue weighted by atomic mass is 10.2. The summed E-state index contributed by atoms with van der Waals surface area (Å²) in [6.07, 6.45) is 0.582. The second kappa shape index (κ2) is 6.26. The van der Waals surface area contributed by atoms with E-state index in [0.29, 0.717) is 17.1 Å². The number of nitrogens with zero attached hydrogens (tertiary/aromatic N) is 1. The fourth-order valence-corrected chi connectivity index (χ4v) is 1.98. The Morgan fingerprint density at radius 2 is 2.05 bits per heavy atom. The molecular formula is C16H13FN2O3. The van der Waals surface area contributed by atoms with Crippen molar-refractivity contribution in [3.8, 4) is 11.5 Å². The molecular weight excluding hydrogens is 287 g/mol. The van der Waals surface area contributed by atoms with Gasteiger partial charge in [0.05, 0.1) is 6.21 Å². The number of hydrazone groups is 1. The first-order valence-corrected chi connectivity index (χ1v) is 6.69. The smallest absolute Gasteiger partial charge is 0.284 e. The van der Waals surface area contributed by atoms with Gasteiger partial charge in [-0.2, -0.15) is 5.10 Å². The minimum absolute atomic E-state index is 0.109. The Labute approximate surface area is 126 Å². The molecule has 1 aliphatic rings. The van der Waals surface area contributed by atoms with Gasteiger partial charge in [-0.3, -0.25) is 4.79 Å². The summed E-state index contributed by atoms with van der Waals surface area (Å²) >= 11 is 0. The molecule has 0 saturated carbocycles. The van der Waals surface area contributed by atoms with Gasteiger partial charge >= 0.3 is 0 Å². The summed E-state index contributed by atoms with van der Waals surface area (Å²) < 4.78 is 24.0. The van der Waals surface area contributed by atoms with Gasteiger partial charge in [-0.15, -0.1) is 0 Å². The van der Waals surface area contributed by atoms with E-state index in [4.69, 9.17) is 9.47 Å². The summed E-state index contributed by atoms with van der Waals surface area (Å²) in [6, 6.07) is 13.0. The maximum atomic E-state index is 13.0. The van der Waals surface area contributed by atoms with Crippen LogP contribution in [0.4, 0.5) is 4.39 Å². The van der Waals surface area contributed by atoms with Gasteiger partial charge in [0.25, 0.3) is 5.91 Å². The second-order valence-electron chi connectivity index (χ2n) is 4.65. The number of halogens is 1. The number of carbonyl (C=O) groups is 1. The summed E-state index contributed by atoms with van der Waals surface area (Å²) in [4.78, 5) is 12.0. The zero-order valence-corrected chi connectivity index (χ0v) is 11.5. The number of hydrogen-bond acceptors (Lipinski definition) is 4. The molecule has 1 atom stereocenters. The summed E-state index contributed by atoms with van der Waals surface area (Å²) in [7, 11) is 0. The third-order valence-electron chi connectivity index (χ3n) is 3.04. The molecule has 1 N–H and O–H groups in total. The highest BCUT2D eigenvalue weighted by molar-refractivity contribution is 5.84. The monoisotopic (exact) mass is 300 g/mol. The topological polar surface area (TPSA) is 59.9 Å². The summed E-state index contributed by atoms with van der Waals surface area (Å²) in [5.74, 6) is 0.330. The van der Waals surface area contributed by atoms with Gasteiger partial charge in [0.15, 0.2) is 11.5 Å². The fourth-order valence-electron chi connectivity index (χ4n) is 1.98. The maximum Gasteiger partial charge on any atom is 0.284 e. The molecule has 112 valence electrons. The Balaban J connectivity index is 1.59. The summed E-state index contributed by atoms with van der Waals surface area (Å²) in [5.41, 5.74) is 2.90. The molecule has 0 bridgehead atoms. The number of amides is 1. The Hall–Kier alpha value is -2.89. The van der Waals surface area contributed by atoms with Crippen LogP contribution in [0.3, 0.4) is 0 Å². The van der Waals surface area contributed by atoms with Gasteiger partial charge in [0, 0.05) is 0 Å². The second-order valence-corrected chi connectivity index (χ2v) is 4.65. The van der Waals surface area contributed by atoms with Crippen LogP contribution < -0.4 is 14.9 Å². The number of hydrogen-bond donors (Lipinski definition) is 1. The number of benzene rings is 2. The van der Waals surface area contributed by atoms with Crippen LogP contribution in [0.15, 0.2) is 53.6 Å². The summed E-state index contributed by atoms with van der Waals surface area (Å²) in [5, 5.41) is 3.79. The van der Waals surface area contributed by atoms with Crippen LogP contribution in [0.5, 0.6) is 11.5 Å². The number of para-hydroxylation sites is 2. The standard InChI is InChI=1S/C16H13FN2O3/c17-12-5-3-4-11(8-12)9-18-19-16(20)15-10-21-13-6-1-2-7-14(13)22-15/h1-9,15H,10H2,(H,19,20)/b18-9-/t15-/m1/s1. The van der Waals surface area contributed by atoms with Crippen molar-refractivity contribution in [1.29, 1.82) is 0 Å². The lowest BCUT2D eigenvalue weighted by Crippen LogP contribution is -2.42. The predicted molar refractivity (Wildman–Crippen MR) is 78.5 cm³/mol. The highest BCUT2D eigenvalue weighted by Gasteiger charge is 2.26. The van der Waals surface area contributed by atoms with Gasteiger partial charge in [-0.25, -0.2) is 9.82 Å². The third-order valence-corrected chi connectivity index (χ3v) is 3.04. The normalized spacial score (nSPS) is 16.5. The maximum absolute atomic E-state index is 13.0. The molecule has 0 radical (unpaired) electrons. The number of carbonyl (C=O) groups excluding carboxylic acids is 1. The molecule has 1 amide bonds. The van der Waals surface area contributed by atoms with Gasteiger partial charge in [0.1, 0.15) is 12.4 Å². The van der Waals surface area contributed by atoms with Gasteiger partial charge in [0.2, 0.25) is 6.10 Å². The minimum Gasteiger partial charge on any atom is -0.485 e. The molecule has 1 heterocycles. The van der Waals surface area contributed by atoms with Gasteiger partial charge in [-0.1, -0.05) is 24.3 Å². The van der Waals surface area contributed by atoms with Crippen molar-refractivity contribution in [2.45, 2.75) is 6.10 Å². The molecule has 5 nitrogen and oxygen atoms in total. The lowest BCUT2D eigenvalue weighted by molar-refractivity contribution is -0.130. The van der Waals surface area contributed by atoms with Crippen LogP contribution in [0.2, 0.25) is 0 Å². The first-order valence-electron chi connectivity index (χ1n) is 6.69. The van der Waals surface area contributed by atoms with Crippen LogP contribution in [-0.2, 0) is 4.79 Å². The summed E-state index contributed by atoms with van der Waals surface area (Å²) in [6.45, 7) is 0.109. The Kier molecular flexibility index (Phi) is 4.00. The van der Waals surface area contributed by atoms with Crippen LogP contribution in [-0.4, -0.2) is 24.8 Å². The van der Waals surface area contributed by atoms with E-state index in [2.05, 4.69) is 10.5 Å². The Bertz CT molecular complexity index is 718. The molecule has 0 unspecified atom stereocenters. The van der Waals surface area contributed by atoms with Crippen LogP contribution >= 0.6 is 0 Å². The van der Waals surface area contributed by atoms with E-state index in [9.17, 15) is 9.18 Å². The van der Waals surface area contributed by atoms with E-state index in [-0.39, 0.29) is 12.4 Å². The van der Waals surface area contributed by atoms with Crippen molar-refractivity contribution < 1.29 is 18.7 Å². The quantitative estimate of drug-likeness (QED) is 0.697. The first kappa shape index (κ1) is 14.1. The minimum atomic E-state index is -0.778. The zero-order chi connectivity index (χ0) is 15.4. The van der Waals surface area contributed by atoms with Crippen LogP contribution in [0.1, 0.15) is 5.56 Å². The average molecular weight is 300 g/mol. The highest BCUT2D eigenvalue weighted by Crippen LogP contribution is 2.30. The number of ether oxygens (including phenoxy) is 2. The predicted octanol–water partition coefficient (Wildman–Crippen LogP) is 2.12. The largest absolute Gasteiger partial charge is 0.485 e. The van der Waals surface area contributed by atoms with E-state index in [1.54, 1.807) is 30.3 Å². The highest BCUT2D eigenvalue weighted by atomic mass is 19.1. The Morgan fingerprint density at radius 1 is 1.23 bits per heavy atom. The molecule has 0 aliphatic carbocycles. The molecule has 1 aliphatic heterocycles. The molecule has 2 aromatic rings. The molecule has 0 saturated heterocycles. The van der Waals surface area contributed by atoms with Gasteiger partial charge in [-0.05, 0) is 29.8 Å². The van der Waals surface area contributed by atoms with Crippen molar-refractivity contribution >= 4 is 12.1 Å². The van der Waals surface area contributed by atoms with Crippen LogP contribution in [0, 0.1) is 5.82 Å². The van der Waals surface area contributed by atoms with E-state index in [1.807, 2.05) is 6.07 Å². The average Bonchev–Trinajstić information content (AvgIpc) is 2.54. The molecule has 22 heavy (non-hydrogen) atoms. The molecule has 0 spiro atoms. The Morgan fingerprint density at radius 3 is 2.86 bits per heavy atom. The van der Waals surface area contributed by atoms with Crippen LogP contribution in [0.25, 0.3) is 0 Å². The third kappa shape index (κ3) is 3.22. The zero-order valence-electron chi connectivity index (χ0n) is 11.5. The number of fused-ring (bicyclic) bond motifs is 1. The first-order chi connectivity index (χ1) is 10.7. The number of rotatable bonds is 3. The molecule has 0 fully saturated rings. The molecule has 0 aromatic heterocycles. The number of nitrogens with one attached hydrogen (secondary N) is 1. The van der Waals surface area contributed by atoms with Crippen molar-refractivity contribution in [3.05, 3.63) is 59.9 Å². The van der Waals surface area contributed by atoms with E-state index in [1.165, 1.54) is 18.3 Å². The van der Waals surface area contributed by atoms with Crippen molar-refractivity contribution in [3.63, 3.8) is 0 Å². The lowest BCUT2D eigenvalue weighted by Gasteiger charge is -2.24. The SMILES string of the molecule is O=C(N/N=C\c1cccc(F)c1)[C@H]1COc2ccccc2O1. The molecule has 2 aromatic carbocycles. The van der Waals surface area contributed by atoms with Crippen molar-refractivity contribution in [2.24, 2.45) is 5.10 Å². The van der Waals surface area contributed by atoms with E-state index < -0.39 is 12.0 Å². The van der Waals surface area contributed by atoms with E-state index >= 15 is 0 Å². The van der Waals surface area contributed by atoms with E-state index in [0.717, 1.165) is 0 Å². The van der Waals surface area contributed by atoms with Crippen molar-refractivity contribution in [1.82, 2.24) is 5.43 Å². The van der Waals surface area contributed by atoms with Gasteiger partial charge < -0.3 is 9.47 Å². The fraction of sp³-hybridized carbons (Fsp3) is 0.125. The molecule has 3 rings (SSSR count). The molecule has 6 heteroatoms. The van der Waals surface area contributed by atoms with Crippen molar-refractivity contribution in [2.75, 3.05) is 6.61 Å².